The number of aliphatic hydroxyl groups is 3. The molecule has 1 atom stereocenters. The van der Waals surface area contributed by atoms with Crippen LogP contribution in [0.1, 0.15) is 28.5 Å². The molecule has 0 saturated heterocycles. The molecule has 0 bridgehead atoms. The molecule has 1 heterocycles. The normalized spacial score (nSPS) is 11.7. The van der Waals surface area contributed by atoms with Gasteiger partial charge in [0.25, 0.3) is 0 Å². The first-order valence-electron chi connectivity index (χ1n) is 11.2. The number of carbonyl (C=O) groups is 1. The minimum absolute atomic E-state index is 0.0698. The molecule has 0 aliphatic carbocycles. The van der Waals surface area contributed by atoms with Gasteiger partial charge in [0.2, 0.25) is 0 Å². The quantitative estimate of drug-likeness (QED) is 0.175. The number of aromatic nitrogens is 1. The van der Waals surface area contributed by atoms with Gasteiger partial charge >= 0.3 is 0 Å². The summed E-state index contributed by atoms with van der Waals surface area (Å²) in [6.07, 6.45) is 1.31. The predicted molar refractivity (Wildman–Crippen MR) is 141 cm³/mol. The summed E-state index contributed by atoms with van der Waals surface area (Å²) in [7, 11) is 1.00. The molecule has 0 saturated carbocycles. The van der Waals surface area contributed by atoms with Crippen LogP contribution in [0.4, 0.5) is 5.69 Å². The van der Waals surface area contributed by atoms with Crippen molar-refractivity contribution in [3.8, 4) is 23.3 Å². The highest BCUT2D eigenvalue weighted by Crippen LogP contribution is 2.33. The van der Waals surface area contributed by atoms with E-state index in [2.05, 4.69) is 23.2 Å². The van der Waals surface area contributed by atoms with Crippen molar-refractivity contribution in [1.29, 1.82) is 5.26 Å². The minimum atomic E-state index is -0.990. The fourth-order valence-corrected chi connectivity index (χ4v) is 3.29. The van der Waals surface area contributed by atoms with E-state index in [4.69, 9.17) is 19.7 Å². The van der Waals surface area contributed by atoms with Crippen molar-refractivity contribution in [3.05, 3.63) is 77.1 Å². The van der Waals surface area contributed by atoms with E-state index in [0.717, 1.165) is 13.4 Å². The van der Waals surface area contributed by atoms with Crippen LogP contribution in [0.2, 0.25) is 0 Å². The molecule has 0 amide bonds. The van der Waals surface area contributed by atoms with E-state index in [0.29, 0.717) is 51.0 Å². The number of aldehydes is 1. The van der Waals surface area contributed by atoms with Crippen molar-refractivity contribution in [2.45, 2.75) is 20.0 Å². The Morgan fingerprint density at radius 3 is 2.43 bits per heavy atom. The lowest BCUT2D eigenvalue weighted by atomic mass is 10.1. The number of rotatable bonds is 11. The average molecular weight is 507 g/mol. The van der Waals surface area contributed by atoms with E-state index in [9.17, 15) is 15.2 Å². The Balaban J connectivity index is 0.00000235. The molecule has 3 aromatic rings. The van der Waals surface area contributed by atoms with Crippen molar-refractivity contribution < 1.29 is 29.6 Å². The fraction of sp³-hybridized carbons (Fsp3) is 0.222. The zero-order valence-corrected chi connectivity index (χ0v) is 20.9. The molecule has 1 aromatic heterocycles. The molecular weight excluding hydrogens is 476 g/mol. The third-order valence-corrected chi connectivity index (χ3v) is 5.18. The summed E-state index contributed by atoms with van der Waals surface area (Å²) in [5, 5.41) is 42.2. The summed E-state index contributed by atoms with van der Waals surface area (Å²) < 4.78 is 12.9. The van der Waals surface area contributed by atoms with Gasteiger partial charge in [0.1, 0.15) is 18.5 Å². The first-order valence-corrected chi connectivity index (χ1v) is 11.2. The molecule has 37 heavy (non-hydrogen) atoms. The van der Waals surface area contributed by atoms with E-state index in [1.165, 1.54) is 4.68 Å². The van der Waals surface area contributed by atoms with Gasteiger partial charge in [-0.15, -0.1) is 0 Å². The molecule has 10 nitrogen and oxygen atoms in total. The highest BCUT2D eigenvalue weighted by atomic mass is 16.5. The van der Waals surface area contributed by atoms with E-state index < -0.39 is 12.7 Å². The van der Waals surface area contributed by atoms with Crippen LogP contribution in [-0.2, 0) is 0 Å². The smallest absolute Gasteiger partial charge is 0.169 e. The lowest BCUT2D eigenvalue weighted by Gasteiger charge is -2.16. The predicted octanol–water partition coefficient (Wildman–Crippen LogP) is 3.57. The summed E-state index contributed by atoms with van der Waals surface area (Å²) in [6.45, 7) is 6.53. The number of nitrogens with zero attached hydrogens (tertiary/aromatic N) is 3. The molecule has 3 rings (SSSR count). The second kappa shape index (κ2) is 14.2. The number of nitriles is 1. The SMILES string of the molecule is C=Nn1cc(C=O)c(C)c1/C(Nc1ccc(Oc2ccccc2OCC(O)CO)cc1)=C(\C)C#N.CO. The number of ether oxygens (including phenoxy) is 2. The van der Waals surface area contributed by atoms with Gasteiger partial charge in [-0.1, -0.05) is 12.1 Å². The van der Waals surface area contributed by atoms with Gasteiger partial charge in [0.05, 0.1) is 29.6 Å². The number of allylic oxidation sites excluding steroid dienone is 1. The highest BCUT2D eigenvalue weighted by molar-refractivity contribution is 5.86. The Hall–Kier alpha value is -4.43. The number of anilines is 1. The van der Waals surface area contributed by atoms with Gasteiger partial charge in [-0.25, -0.2) is 4.68 Å². The molecular formula is C27H30N4O6. The first-order chi connectivity index (χ1) is 17.9. The molecule has 0 aliphatic heterocycles. The lowest BCUT2D eigenvalue weighted by Crippen LogP contribution is -2.21. The van der Waals surface area contributed by atoms with E-state index in [1.807, 2.05) is 0 Å². The van der Waals surface area contributed by atoms with Crippen LogP contribution in [0, 0.1) is 18.3 Å². The van der Waals surface area contributed by atoms with Crippen LogP contribution in [0.3, 0.4) is 0 Å². The third kappa shape index (κ3) is 7.28. The topological polar surface area (TPSA) is 149 Å². The number of hydrogen-bond donors (Lipinski definition) is 4. The second-order valence-corrected chi connectivity index (χ2v) is 7.62. The van der Waals surface area contributed by atoms with Crippen LogP contribution in [0.15, 0.2) is 65.4 Å². The van der Waals surface area contributed by atoms with Gasteiger partial charge in [0, 0.05) is 31.3 Å². The number of nitrogens with one attached hydrogen (secondary N) is 1. The van der Waals surface area contributed by atoms with Gasteiger partial charge in [-0.3, -0.25) is 4.79 Å². The van der Waals surface area contributed by atoms with Gasteiger partial charge in [0.15, 0.2) is 17.8 Å². The third-order valence-electron chi connectivity index (χ3n) is 5.18. The standard InChI is InChI=1S/C26H26N4O5.CH4O/c1-17(12-27)25(26-18(2)19(14-31)13-30(26)28-3)29-20-8-10-22(11-9-20)35-24-7-5-4-6-23(24)34-16-21(33)15-32;1-2/h4-11,13-14,21,29,32-33H,3,15-16H2,1-2H3;2H,1H3/b25-17-;. The molecule has 1 unspecified atom stereocenters. The van der Waals surface area contributed by atoms with Crippen molar-refractivity contribution >= 4 is 24.4 Å². The second-order valence-electron chi connectivity index (χ2n) is 7.62. The van der Waals surface area contributed by atoms with Crippen LogP contribution < -0.4 is 14.8 Å². The first kappa shape index (κ1) is 28.8. The molecule has 4 N–H and O–H groups in total. The van der Waals surface area contributed by atoms with Gasteiger partial charge in [-0.05, 0) is 55.8 Å². The van der Waals surface area contributed by atoms with Crippen molar-refractivity contribution in [3.63, 3.8) is 0 Å². The maximum atomic E-state index is 11.4. The maximum Gasteiger partial charge on any atom is 0.169 e. The average Bonchev–Trinajstić information content (AvgIpc) is 3.27. The number of hydrogen-bond acceptors (Lipinski definition) is 9. The Labute approximate surface area is 215 Å². The van der Waals surface area contributed by atoms with E-state index in [1.54, 1.807) is 68.6 Å². The lowest BCUT2D eigenvalue weighted by molar-refractivity contribution is 0.0529. The zero-order valence-electron chi connectivity index (χ0n) is 20.9. The minimum Gasteiger partial charge on any atom is -0.487 e. The summed E-state index contributed by atoms with van der Waals surface area (Å²) >= 11 is 0. The van der Waals surface area contributed by atoms with Gasteiger partial charge < -0.3 is 30.1 Å². The van der Waals surface area contributed by atoms with E-state index in [-0.39, 0.29) is 6.61 Å². The van der Waals surface area contributed by atoms with Crippen molar-refractivity contribution in [2.24, 2.45) is 5.10 Å². The van der Waals surface area contributed by atoms with Crippen LogP contribution >= 0.6 is 0 Å². The molecule has 10 heteroatoms. The number of carbonyl (C=O) groups excluding carboxylic acids is 1. The van der Waals surface area contributed by atoms with Crippen LogP contribution in [0.25, 0.3) is 5.70 Å². The molecule has 194 valence electrons. The summed E-state index contributed by atoms with van der Waals surface area (Å²) in [5.41, 5.74) is 3.28. The Kier molecular flexibility index (Phi) is 11.1. The summed E-state index contributed by atoms with van der Waals surface area (Å²) in [6, 6.07) is 16.2. The molecule has 0 fully saturated rings. The zero-order chi connectivity index (χ0) is 27.4. The fourth-order valence-electron chi connectivity index (χ4n) is 3.29. The Bertz CT molecular complexity index is 1280. The largest absolute Gasteiger partial charge is 0.487 e. The maximum absolute atomic E-state index is 11.4. The van der Waals surface area contributed by atoms with Crippen molar-refractivity contribution in [1.82, 2.24) is 4.68 Å². The van der Waals surface area contributed by atoms with Crippen LogP contribution in [0.5, 0.6) is 17.2 Å². The van der Waals surface area contributed by atoms with Crippen molar-refractivity contribution in [2.75, 3.05) is 25.6 Å². The monoisotopic (exact) mass is 506 g/mol. The Morgan fingerprint density at radius 2 is 1.86 bits per heavy atom. The number of aliphatic hydroxyl groups excluding tert-OH is 3. The number of benzene rings is 2. The highest BCUT2D eigenvalue weighted by Gasteiger charge is 2.18. The molecule has 0 spiro atoms. The van der Waals surface area contributed by atoms with E-state index >= 15 is 0 Å². The molecule has 2 aromatic carbocycles. The number of para-hydroxylation sites is 2. The van der Waals surface area contributed by atoms with Crippen LogP contribution in [-0.4, -0.2) is 59.4 Å². The van der Waals surface area contributed by atoms with Gasteiger partial charge in [-0.2, -0.15) is 10.4 Å². The summed E-state index contributed by atoms with van der Waals surface area (Å²) in [5.74, 6) is 1.41. The Morgan fingerprint density at radius 1 is 1.22 bits per heavy atom. The molecule has 0 radical (unpaired) electrons. The molecule has 0 aliphatic rings. The summed E-state index contributed by atoms with van der Waals surface area (Å²) in [4.78, 5) is 11.4.